The highest BCUT2D eigenvalue weighted by atomic mass is 14.9. The molecular weight excluding hydrogens is 208 g/mol. The smallest absolute Gasteiger partial charge is 0.0270 e. The first-order valence-electron chi connectivity index (χ1n) is 6.11. The van der Waals surface area contributed by atoms with E-state index in [4.69, 9.17) is 0 Å². The van der Waals surface area contributed by atoms with Gasteiger partial charge in [0.05, 0.1) is 0 Å². The first-order valence-corrected chi connectivity index (χ1v) is 6.11. The highest BCUT2D eigenvalue weighted by Gasteiger charge is 2.29. The quantitative estimate of drug-likeness (QED) is 0.848. The lowest BCUT2D eigenvalue weighted by atomic mass is 9.84. The molecule has 0 amide bonds. The van der Waals surface area contributed by atoms with E-state index in [1.807, 2.05) is 12.4 Å². The second-order valence-corrected chi connectivity index (χ2v) is 4.56. The Morgan fingerprint density at radius 1 is 0.824 bits per heavy atom. The van der Waals surface area contributed by atoms with Crippen molar-refractivity contribution in [3.05, 3.63) is 66.0 Å². The minimum absolute atomic E-state index is 0.570. The molecule has 1 N–H and O–H groups in total. The third-order valence-corrected chi connectivity index (χ3v) is 3.58. The van der Waals surface area contributed by atoms with Crippen molar-refractivity contribution in [2.45, 2.75) is 11.8 Å². The summed E-state index contributed by atoms with van der Waals surface area (Å²) in [6.07, 6.45) is 3.77. The summed E-state index contributed by atoms with van der Waals surface area (Å²) in [4.78, 5) is 4.09. The van der Waals surface area contributed by atoms with Crippen molar-refractivity contribution in [2.75, 3.05) is 13.1 Å². The molecule has 3 rings (SSSR count). The Bertz CT molecular complexity index is 421. The van der Waals surface area contributed by atoms with Crippen molar-refractivity contribution in [2.24, 2.45) is 0 Å². The van der Waals surface area contributed by atoms with Gasteiger partial charge in [-0.25, -0.2) is 0 Å². The maximum atomic E-state index is 4.09. The van der Waals surface area contributed by atoms with Gasteiger partial charge in [0.25, 0.3) is 0 Å². The van der Waals surface area contributed by atoms with Gasteiger partial charge in [0, 0.05) is 37.3 Å². The van der Waals surface area contributed by atoms with Gasteiger partial charge < -0.3 is 5.32 Å². The van der Waals surface area contributed by atoms with Crippen LogP contribution < -0.4 is 5.32 Å². The lowest BCUT2D eigenvalue weighted by Gasteiger charge is -2.19. The third-order valence-electron chi connectivity index (χ3n) is 3.58. The topological polar surface area (TPSA) is 24.9 Å². The lowest BCUT2D eigenvalue weighted by molar-refractivity contribution is 0.665. The molecule has 0 radical (unpaired) electrons. The largest absolute Gasteiger partial charge is 0.315 e. The molecule has 0 saturated carbocycles. The SMILES string of the molecule is c1ccc(C2CNCC2c2ccncc2)cc1. The molecule has 0 spiro atoms. The van der Waals surface area contributed by atoms with Crippen molar-refractivity contribution < 1.29 is 0 Å². The van der Waals surface area contributed by atoms with E-state index in [2.05, 4.69) is 52.8 Å². The van der Waals surface area contributed by atoms with Crippen LogP contribution in [0.2, 0.25) is 0 Å². The first kappa shape index (κ1) is 10.5. The molecule has 2 heteroatoms. The molecule has 17 heavy (non-hydrogen) atoms. The monoisotopic (exact) mass is 224 g/mol. The molecule has 1 aliphatic heterocycles. The van der Waals surface area contributed by atoms with Crippen LogP contribution in [-0.2, 0) is 0 Å². The third kappa shape index (κ3) is 2.08. The van der Waals surface area contributed by atoms with E-state index in [1.165, 1.54) is 11.1 Å². The summed E-state index contributed by atoms with van der Waals surface area (Å²) in [6.45, 7) is 2.13. The molecular formula is C15H16N2. The Labute approximate surface area is 102 Å². The fraction of sp³-hybridized carbons (Fsp3) is 0.267. The number of aromatic nitrogens is 1. The van der Waals surface area contributed by atoms with Gasteiger partial charge in [0.1, 0.15) is 0 Å². The second kappa shape index (κ2) is 4.68. The number of nitrogens with one attached hydrogen (secondary N) is 1. The van der Waals surface area contributed by atoms with Crippen LogP contribution in [0.4, 0.5) is 0 Å². The maximum absolute atomic E-state index is 4.09. The molecule has 2 aromatic rings. The van der Waals surface area contributed by atoms with Crippen molar-refractivity contribution in [3.8, 4) is 0 Å². The summed E-state index contributed by atoms with van der Waals surface area (Å²) in [7, 11) is 0. The van der Waals surface area contributed by atoms with Crippen LogP contribution in [0, 0.1) is 0 Å². The molecule has 0 aliphatic carbocycles. The lowest BCUT2D eigenvalue weighted by Crippen LogP contribution is -2.08. The highest BCUT2D eigenvalue weighted by Crippen LogP contribution is 2.35. The van der Waals surface area contributed by atoms with Crippen LogP contribution in [0.3, 0.4) is 0 Å². The van der Waals surface area contributed by atoms with Gasteiger partial charge in [-0.2, -0.15) is 0 Å². The average molecular weight is 224 g/mol. The zero-order valence-electron chi connectivity index (χ0n) is 9.71. The minimum atomic E-state index is 0.570. The Hall–Kier alpha value is -1.67. The second-order valence-electron chi connectivity index (χ2n) is 4.56. The van der Waals surface area contributed by atoms with E-state index in [0.29, 0.717) is 11.8 Å². The Kier molecular flexibility index (Phi) is 2.88. The summed E-state index contributed by atoms with van der Waals surface area (Å²) in [5, 5.41) is 3.50. The Balaban J connectivity index is 1.91. The molecule has 86 valence electrons. The fourth-order valence-corrected chi connectivity index (χ4v) is 2.69. The average Bonchev–Trinajstić information content (AvgIpc) is 2.90. The number of rotatable bonds is 2. The molecule has 0 bridgehead atoms. The van der Waals surface area contributed by atoms with Gasteiger partial charge >= 0.3 is 0 Å². The summed E-state index contributed by atoms with van der Waals surface area (Å²) < 4.78 is 0. The Morgan fingerprint density at radius 2 is 1.41 bits per heavy atom. The Morgan fingerprint density at radius 3 is 2.06 bits per heavy atom. The summed E-state index contributed by atoms with van der Waals surface area (Å²) >= 11 is 0. The van der Waals surface area contributed by atoms with Gasteiger partial charge in [-0.1, -0.05) is 30.3 Å². The van der Waals surface area contributed by atoms with E-state index in [-0.39, 0.29) is 0 Å². The van der Waals surface area contributed by atoms with Crippen molar-refractivity contribution >= 4 is 0 Å². The van der Waals surface area contributed by atoms with Crippen LogP contribution in [0.15, 0.2) is 54.9 Å². The number of hydrogen-bond acceptors (Lipinski definition) is 2. The fourth-order valence-electron chi connectivity index (χ4n) is 2.69. The van der Waals surface area contributed by atoms with Gasteiger partial charge in [-0.3, -0.25) is 4.98 Å². The minimum Gasteiger partial charge on any atom is -0.315 e. The maximum Gasteiger partial charge on any atom is 0.0270 e. The molecule has 2 heterocycles. The zero-order chi connectivity index (χ0) is 11.5. The van der Waals surface area contributed by atoms with E-state index in [0.717, 1.165) is 13.1 Å². The molecule has 2 nitrogen and oxygen atoms in total. The first-order chi connectivity index (χ1) is 8.45. The predicted octanol–water partition coefficient (Wildman–Crippen LogP) is 2.55. The summed E-state index contributed by atoms with van der Waals surface area (Å²) in [5.74, 6) is 1.15. The normalized spacial score (nSPS) is 23.8. The van der Waals surface area contributed by atoms with Crippen LogP contribution in [-0.4, -0.2) is 18.1 Å². The van der Waals surface area contributed by atoms with Crippen LogP contribution >= 0.6 is 0 Å². The highest BCUT2D eigenvalue weighted by molar-refractivity contribution is 5.30. The van der Waals surface area contributed by atoms with Gasteiger partial charge in [-0.15, -0.1) is 0 Å². The number of nitrogens with zero attached hydrogens (tertiary/aromatic N) is 1. The van der Waals surface area contributed by atoms with Crippen molar-refractivity contribution in [1.29, 1.82) is 0 Å². The van der Waals surface area contributed by atoms with Crippen LogP contribution in [0.5, 0.6) is 0 Å². The van der Waals surface area contributed by atoms with Gasteiger partial charge in [0.2, 0.25) is 0 Å². The summed E-state index contributed by atoms with van der Waals surface area (Å²) in [6, 6.07) is 15.0. The standard InChI is InChI=1S/C15H16N2/c1-2-4-12(5-3-1)14-10-17-11-15(14)13-6-8-16-9-7-13/h1-9,14-15,17H,10-11H2. The number of pyridine rings is 1. The van der Waals surface area contributed by atoms with Gasteiger partial charge in [-0.05, 0) is 23.3 Å². The van der Waals surface area contributed by atoms with Crippen LogP contribution in [0.25, 0.3) is 0 Å². The summed E-state index contributed by atoms with van der Waals surface area (Å²) in [5.41, 5.74) is 2.82. The zero-order valence-corrected chi connectivity index (χ0v) is 9.71. The molecule has 1 aromatic carbocycles. The number of hydrogen-bond donors (Lipinski definition) is 1. The van der Waals surface area contributed by atoms with E-state index in [9.17, 15) is 0 Å². The van der Waals surface area contributed by atoms with Crippen molar-refractivity contribution in [1.82, 2.24) is 10.3 Å². The molecule has 1 aliphatic rings. The molecule has 2 atom stereocenters. The van der Waals surface area contributed by atoms with E-state index < -0.39 is 0 Å². The number of benzene rings is 1. The molecule has 1 fully saturated rings. The van der Waals surface area contributed by atoms with Crippen molar-refractivity contribution in [3.63, 3.8) is 0 Å². The van der Waals surface area contributed by atoms with Crippen LogP contribution in [0.1, 0.15) is 23.0 Å². The van der Waals surface area contributed by atoms with Gasteiger partial charge in [0.15, 0.2) is 0 Å². The van der Waals surface area contributed by atoms with E-state index in [1.54, 1.807) is 0 Å². The molecule has 1 saturated heterocycles. The van der Waals surface area contributed by atoms with E-state index >= 15 is 0 Å². The molecule has 1 aromatic heterocycles. The predicted molar refractivity (Wildman–Crippen MR) is 69.0 cm³/mol. The molecule has 2 unspecified atom stereocenters.